The smallest absolute Gasteiger partial charge is 0.235 e. The van der Waals surface area contributed by atoms with Crippen molar-refractivity contribution in [1.82, 2.24) is 5.32 Å². The van der Waals surface area contributed by atoms with Crippen LogP contribution in [0, 0.1) is 10.8 Å². The van der Waals surface area contributed by atoms with Gasteiger partial charge in [-0.15, -0.1) is 10.2 Å². The molecule has 56 valence electrons. The second kappa shape index (κ2) is 4.60. The van der Waals surface area contributed by atoms with Crippen molar-refractivity contribution < 1.29 is 0 Å². The van der Waals surface area contributed by atoms with Gasteiger partial charge in [-0.3, -0.25) is 10.8 Å². The third kappa shape index (κ3) is 4.89. The highest BCUT2D eigenvalue weighted by atomic mass is 15.2. The van der Waals surface area contributed by atoms with Gasteiger partial charge in [0.05, 0.1) is 0 Å². The fourth-order valence-corrected chi connectivity index (χ4v) is 0.328. The third-order valence-electron chi connectivity index (χ3n) is 0.644. The Bertz CT molecular complexity index is 159. The molecule has 0 rings (SSSR count). The van der Waals surface area contributed by atoms with E-state index in [1.165, 1.54) is 6.92 Å². The quantitative estimate of drug-likeness (QED) is 0.284. The maximum atomic E-state index is 7.01. The highest BCUT2D eigenvalue weighted by Gasteiger charge is 1.86. The lowest BCUT2D eigenvalue weighted by Gasteiger charge is -1.94. The number of nitrogens with one attached hydrogen (secondary N) is 3. The van der Waals surface area contributed by atoms with E-state index in [4.69, 9.17) is 10.8 Å². The molecule has 0 aliphatic carbocycles. The molecule has 0 aliphatic heterocycles. The van der Waals surface area contributed by atoms with Crippen LogP contribution in [0.2, 0.25) is 0 Å². The molecule has 0 spiro atoms. The van der Waals surface area contributed by atoms with E-state index in [2.05, 4.69) is 15.5 Å². The summed E-state index contributed by atoms with van der Waals surface area (Å²) in [6.07, 6.45) is 0. The first-order chi connectivity index (χ1) is 4.66. The summed E-state index contributed by atoms with van der Waals surface area (Å²) in [7, 11) is 0. The number of hydrogen-bond acceptors (Lipinski definition) is 2. The zero-order valence-corrected chi connectivity index (χ0v) is 6.10. The van der Waals surface area contributed by atoms with Gasteiger partial charge in [-0.2, -0.15) is 0 Å². The number of rotatable bonds is 1. The fraction of sp³-hybridized carbons (Fsp3) is 0.600. The third-order valence-corrected chi connectivity index (χ3v) is 0.644. The summed E-state index contributed by atoms with van der Waals surface area (Å²) in [6.45, 7) is 4.01. The second-order valence-corrected chi connectivity index (χ2v) is 1.66. The largest absolute Gasteiger partial charge is 0.354 e. The topological polar surface area (TPSA) is 84.5 Å². The summed E-state index contributed by atoms with van der Waals surface area (Å²) in [5, 5.41) is 23.2. The lowest BCUT2D eigenvalue weighted by Crippen LogP contribution is -2.19. The number of nitrogens with zero attached hydrogens (tertiary/aromatic N) is 2. The maximum Gasteiger partial charge on any atom is 0.235 e. The van der Waals surface area contributed by atoms with E-state index in [0.29, 0.717) is 6.54 Å². The van der Waals surface area contributed by atoms with Gasteiger partial charge in [0.15, 0.2) is 0 Å². The minimum absolute atomic E-state index is 0.00546. The van der Waals surface area contributed by atoms with Crippen LogP contribution in [0.15, 0.2) is 10.2 Å². The summed E-state index contributed by atoms with van der Waals surface area (Å²) in [6, 6.07) is 0. The Labute approximate surface area is 59.6 Å². The van der Waals surface area contributed by atoms with Crippen LogP contribution in [0.3, 0.4) is 0 Å². The van der Waals surface area contributed by atoms with Crippen molar-refractivity contribution in [2.45, 2.75) is 13.8 Å². The van der Waals surface area contributed by atoms with Gasteiger partial charge in [0.1, 0.15) is 5.84 Å². The standard InChI is InChI=1S/C5H11N5/c1-3-8-5(7)10-9-4(2)6/h6H,3H2,1-2H3,(H2,7,8)/b6-4?,10-9-. The van der Waals surface area contributed by atoms with Crippen LogP contribution in [0.25, 0.3) is 0 Å². The molecule has 5 nitrogen and oxygen atoms in total. The SMILES string of the molecule is CCNC(=N)/N=N\C(C)=N. The first-order valence-electron chi connectivity index (χ1n) is 2.96. The summed E-state index contributed by atoms with van der Waals surface area (Å²) in [5.74, 6) is 0.0942. The van der Waals surface area contributed by atoms with Crippen LogP contribution in [0.5, 0.6) is 0 Å². The van der Waals surface area contributed by atoms with E-state index in [-0.39, 0.29) is 11.8 Å². The van der Waals surface area contributed by atoms with E-state index in [1.54, 1.807) is 0 Å². The van der Waals surface area contributed by atoms with E-state index < -0.39 is 0 Å². The van der Waals surface area contributed by atoms with Gasteiger partial charge in [-0.25, -0.2) is 0 Å². The predicted molar refractivity (Wildman–Crippen MR) is 39.7 cm³/mol. The van der Waals surface area contributed by atoms with Crippen LogP contribution < -0.4 is 5.32 Å². The molecule has 0 saturated carbocycles. The van der Waals surface area contributed by atoms with Gasteiger partial charge in [-0.05, 0) is 13.8 Å². The molecule has 0 amide bonds. The van der Waals surface area contributed by atoms with E-state index >= 15 is 0 Å². The van der Waals surface area contributed by atoms with E-state index in [1.807, 2.05) is 6.92 Å². The van der Waals surface area contributed by atoms with E-state index in [9.17, 15) is 0 Å². The molecule has 0 bridgehead atoms. The van der Waals surface area contributed by atoms with Gasteiger partial charge in [0, 0.05) is 6.54 Å². The Morgan fingerprint density at radius 2 is 2.00 bits per heavy atom. The molecular formula is C5H11N5. The molecule has 0 saturated heterocycles. The number of azo groups is 1. The second-order valence-electron chi connectivity index (χ2n) is 1.66. The first-order valence-corrected chi connectivity index (χ1v) is 2.96. The molecule has 0 radical (unpaired) electrons. The monoisotopic (exact) mass is 141 g/mol. The Balaban J connectivity index is 3.67. The zero-order valence-electron chi connectivity index (χ0n) is 6.10. The Morgan fingerprint density at radius 3 is 2.40 bits per heavy atom. The molecule has 0 atom stereocenters. The Morgan fingerprint density at radius 1 is 1.40 bits per heavy atom. The molecule has 0 fully saturated rings. The van der Waals surface area contributed by atoms with Crippen LogP contribution in [-0.2, 0) is 0 Å². The molecule has 0 heterocycles. The highest BCUT2D eigenvalue weighted by molar-refractivity contribution is 5.81. The summed E-state index contributed by atoms with van der Waals surface area (Å²) in [5.41, 5.74) is 0. The van der Waals surface area contributed by atoms with Crippen molar-refractivity contribution in [3.05, 3.63) is 0 Å². The van der Waals surface area contributed by atoms with Gasteiger partial charge in [-0.1, -0.05) is 0 Å². The fourth-order valence-electron chi connectivity index (χ4n) is 0.328. The van der Waals surface area contributed by atoms with Crippen LogP contribution in [-0.4, -0.2) is 18.3 Å². The van der Waals surface area contributed by atoms with Crippen molar-refractivity contribution in [2.24, 2.45) is 10.2 Å². The number of amidine groups is 1. The Hall–Kier alpha value is -1.26. The van der Waals surface area contributed by atoms with Crippen LogP contribution in [0.1, 0.15) is 13.8 Å². The summed E-state index contributed by atoms with van der Waals surface area (Å²) < 4.78 is 0. The molecular weight excluding hydrogens is 130 g/mol. The Kier molecular flexibility index (Phi) is 4.02. The summed E-state index contributed by atoms with van der Waals surface area (Å²) in [4.78, 5) is 0. The van der Waals surface area contributed by atoms with Gasteiger partial charge in [0.2, 0.25) is 5.96 Å². The molecule has 0 aromatic carbocycles. The molecule has 0 aliphatic rings. The van der Waals surface area contributed by atoms with Crippen molar-refractivity contribution in [1.29, 1.82) is 10.8 Å². The predicted octanol–water partition coefficient (Wildman–Crippen LogP) is 0.980. The van der Waals surface area contributed by atoms with Crippen molar-refractivity contribution in [3.8, 4) is 0 Å². The van der Waals surface area contributed by atoms with Crippen LogP contribution >= 0.6 is 0 Å². The maximum absolute atomic E-state index is 7.01. The van der Waals surface area contributed by atoms with Crippen LogP contribution in [0.4, 0.5) is 0 Å². The van der Waals surface area contributed by atoms with Gasteiger partial charge < -0.3 is 5.32 Å². The average molecular weight is 141 g/mol. The zero-order chi connectivity index (χ0) is 7.98. The summed E-state index contributed by atoms with van der Waals surface area (Å²) >= 11 is 0. The van der Waals surface area contributed by atoms with E-state index in [0.717, 1.165) is 0 Å². The molecule has 0 unspecified atom stereocenters. The normalized spacial score (nSPS) is 9.80. The van der Waals surface area contributed by atoms with Gasteiger partial charge in [0.25, 0.3) is 0 Å². The van der Waals surface area contributed by atoms with Crippen molar-refractivity contribution in [3.63, 3.8) is 0 Å². The van der Waals surface area contributed by atoms with Crippen molar-refractivity contribution in [2.75, 3.05) is 6.54 Å². The highest BCUT2D eigenvalue weighted by Crippen LogP contribution is 1.77. The first kappa shape index (κ1) is 8.74. The van der Waals surface area contributed by atoms with Crippen molar-refractivity contribution >= 4 is 11.8 Å². The lowest BCUT2D eigenvalue weighted by molar-refractivity contribution is 0.933. The minimum atomic E-state index is -0.00546. The minimum Gasteiger partial charge on any atom is -0.354 e. The molecule has 5 heteroatoms. The van der Waals surface area contributed by atoms with Gasteiger partial charge >= 0.3 is 0 Å². The average Bonchev–Trinajstić information content (AvgIpc) is 1.85. The molecule has 0 aromatic heterocycles. The number of hydrogen-bond donors (Lipinski definition) is 3. The molecule has 3 N–H and O–H groups in total. The lowest BCUT2D eigenvalue weighted by atomic mass is 10.7. The number of guanidine groups is 1. The molecule has 10 heavy (non-hydrogen) atoms. The molecule has 0 aromatic rings.